The van der Waals surface area contributed by atoms with E-state index in [1.165, 1.54) is 38.2 Å². The summed E-state index contributed by atoms with van der Waals surface area (Å²) < 4.78 is 17.0. The van der Waals surface area contributed by atoms with Gasteiger partial charge in [-0.15, -0.1) is 0 Å². The standard InChI is InChI=1S/C31H42N2O5/c1-2-3-4-5-6-7-20-36-27-15-17-28(18-16-27)38-31(35)24-11-8-23(9-12-24)10-19-30(34)37-22-25-13-14-26(32)21-29(25)33/h8-14,19,21,27-28H,2-7,15-18,20,22,32-33H2,1H3/b19-10+. The van der Waals surface area contributed by atoms with Crippen LogP contribution >= 0.6 is 0 Å². The van der Waals surface area contributed by atoms with Crippen LogP contribution in [0.4, 0.5) is 11.4 Å². The van der Waals surface area contributed by atoms with E-state index in [1.54, 1.807) is 48.5 Å². The molecule has 0 heterocycles. The summed E-state index contributed by atoms with van der Waals surface area (Å²) in [6, 6.07) is 12.0. The van der Waals surface area contributed by atoms with Gasteiger partial charge in [-0.05, 0) is 68.0 Å². The van der Waals surface area contributed by atoms with Crippen LogP contribution in [0.25, 0.3) is 6.08 Å². The van der Waals surface area contributed by atoms with Crippen LogP contribution in [-0.2, 0) is 25.6 Å². The van der Waals surface area contributed by atoms with E-state index in [1.807, 2.05) is 0 Å². The molecular weight excluding hydrogens is 480 g/mol. The molecule has 0 radical (unpaired) electrons. The Labute approximate surface area is 226 Å². The van der Waals surface area contributed by atoms with Crippen molar-refractivity contribution in [3.8, 4) is 0 Å². The first-order valence-corrected chi connectivity index (χ1v) is 13.9. The number of rotatable bonds is 14. The van der Waals surface area contributed by atoms with Crippen LogP contribution in [0.5, 0.6) is 0 Å². The molecule has 1 aliphatic carbocycles. The van der Waals surface area contributed by atoms with E-state index < -0.39 is 5.97 Å². The number of carbonyl (C=O) groups is 2. The summed E-state index contributed by atoms with van der Waals surface area (Å²) >= 11 is 0. The lowest BCUT2D eigenvalue weighted by Gasteiger charge is -2.28. The maximum Gasteiger partial charge on any atom is 0.338 e. The highest BCUT2D eigenvalue weighted by molar-refractivity contribution is 5.90. The molecule has 206 valence electrons. The van der Waals surface area contributed by atoms with Gasteiger partial charge in [-0.25, -0.2) is 9.59 Å². The number of unbranched alkanes of at least 4 members (excludes halogenated alkanes) is 5. The predicted molar refractivity (Wildman–Crippen MR) is 151 cm³/mol. The number of hydrogen-bond donors (Lipinski definition) is 2. The largest absolute Gasteiger partial charge is 0.459 e. The van der Waals surface area contributed by atoms with Gasteiger partial charge >= 0.3 is 11.9 Å². The Bertz CT molecular complexity index is 1040. The fourth-order valence-corrected chi connectivity index (χ4v) is 4.51. The van der Waals surface area contributed by atoms with Crippen molar-refractivity contribution in [3.63, 3.8) is 0 Å². The maximum absolute atomic E-state index is 12.6. The minimum atomic E-state index is -0.490. The Morgan fingerprint density at radius 3 is 2.29 bits per heavy atom. The molecule has 1 fully saturated rings. The topological polar surface area (TPSA) is 114 Å². The minimum Gasteiger partial charge on any atom is -0.459 e. The molecule has 4 N–H and O–H groups in total. The van der Waals surface area contributed by atoms with Gasteiger partial charge in [0.15, 0.2) is 0 Å². The third-order valence-electron chi connectivity index (χ3n) is 6.84. The molecule has 3 rings (SSSR count). The maximum atomic E-state index is 12.6. The third kappa shape index (κ3) is 10.2. The lowest BCUT2D eigenvalue weighted by molar-refractivity contribution is -0.138. The van der Waals surface area contributed by atoms with Gasteiger partial charge in [-0.3, -0.25) is 0 Å². The highest BCUT2D eigenvalue weighted by Gasteiger charge is 2.24. The number of benzene rings is 2. The zero-order valence-corrected chi connectivity index (χ0v) is 22.5. The van der Waals surface area contributed by atoms with Gasteiger partial charge in [-0.2, -0.15) is 0 Å². The quantitative estimate of drug-likeness (QED) is 0.127. The Balaban J connectivity index is 1.34. The summed E-state index contributed by atoms with van der Waals surface area (Å²) in [6.45, 7) is 3.13. The molecule has 0 amide bonds. The Morgan fingerprint density at radius 1 is 0.895 bits per heavy atom. The van der Waals surface area contributed by atoms with Gasteiger partial charge in [0, 0.05) is 29.6 Å². The van der Waals surface area contributed by atoms with Crippen LogP contribution in [0.2, 0.25) is 0 Å². The second kappa shape index (κ2) is 15.8. The summed E-state index contributed by atoms with van der Waals surface area (Å²) in [4.78, 5) is 24.6. The van der Waals surface area contributed by atoms with Crippen molar-refractivity contribution in [2.75, 3.05) is 18.1 Å². The van der Waals surface area contributed by atoms with Crippen molar-refractivity contribution in [2.45, 2.75) is 89.9 Å². The van der Waals surface area contributed by atoms with Gasteiger partial charge in [0.2, 0.25) is 0 Å². The van der Waals surface area contributed by atoms with Crippen LogP contribution in [0.3, 0.4) is 0 Å². The van der Waals surface area contributed by atoms with Gasteiger partial charge in [-0.1, -0.05) is 57.2 Å². The number of anilines is 2. The molecule has 2 aromatic carbocycles. The van der Waals surface area contributed by atoms with Gasteiger partial charge < -0.3 is 25.7 Å². The highest BCUT2D eigenvalue weighted by Crippen LogP contribution is 2.25. The Morgan fingerprint density at radius 2 is 1.58 bits per heavy atom. The molecule has 1 aliphatic rings. The molecule has 2 aromatic rings. The van der Waals surface area contributed by atoms with E-state index >= 15 is 0 Å². The van der Waals surface area contributed by atoms with Crippen molar-refractivity contribution < 1.29 is 23.8 Å². The van der Waals surface area contributed by atoms with E-state index in [0.717, 1.165) is 44.3 Å². The molecule has 1 saturated carbocycles. The zero-order chi connectivity index (χ0) is 27.2. The van der Waals surface area contributed by atoms with Crippen LogP contribution in [0, 0.1) is 0 Å². The third-order valence-corrected chi connectivity index (χ3v) is 6.84. The van der Waals surface area contributed by atoms with E-state index in [-0.39, 0.29) is 24.8 Å². The fourth-order valence-electron chi connectivity index (χ4n) is 4.51. The normalized spacial score (nSPS) is 17.4. The molecule has 0 atom stereocenters. The predicted octanol–water partition coefficient (Wildman–Crippen LogP) is 6.45. The number of carbonyl (C=O) groups excluding carboxylic acids is 2. The summed E-state index contributed by atoms with van der Waals surface area (Å²) in [5.41, 5.74) is 14.5. The molecule has 7 nitrogen and oxygen atoms in total. The number of hydrogen-bond acceptors (Lipinski definition) is 7. The first-order chi connectivity index (χ1) is 18.4. The fraction of sp³-hybridized carbons (Fsp3) is 0.484. The average Bonchev–Trinajstić information content (AvgIpc) is 2.92. The first kappa shape index (κ1) is 29.2. The second-order valence-corrected chi connectivity index (χ2v) is 9.96. The molecular formula is C31H42N2O5. The summed E-state index contributed by atoms with van der Waals surface area (Å²) in [5, 5.41) is 0. The first-order valence-electron chi connectivity index (χ1n) is 13.9. The van der Waals surface area contributed by atoms with E-state index in [4.69, 9.17) is 25.7 Å². The Hall–Kier alpha value is -3.32. The highest BCUT2D eigenvalue weighted by atomic mass is 16.5. The van der Waals surface area contributed by atoms with E-state index in [9.17, 15) is 9.59 Å². The zero-order valence-electron chi connectivity index (χ0n) is 22.5. The van der Waals surface area contributed by atoms with E-state index in [2.05, 4.69) is 6.92 Å². The van der Waals surface area contributed by atoms with E-state index in [0.29, 0.717) is 22.5 Å². The second-order valence-electron chi connectivity index (χ2n) is 9.96. The molecule has 7 heteroatoms. The number of nitrogens with two attached hydrogens (primary N) is 2. The summed E-state index contributed by atoms with van der Waals surface area (Å²) in [7, 11) is 0. The lowest BCUT2D eigenvalue weighted by atomic mass is 9.95. The van der Waals surface area contributed by atoms with Crippen molar-refractivity contribution in [1.82, 2.24) is 0 Å². The van der Waals surface area contributed by atoms with Crippen LogP contribution in [0.15, 0.2) is 48.5 Å². The molecule has 0 spiro atoms. The molecule has 38 heavy (non-hydrogen) atoms. The number of esters is 2. The molecule has 0 aromatic heterocycles. The average molecular weight is 523 g/mol. The molecule has 0 bridgehead atoms. The number of ether oxygens (including phenoxy) is 3. The minimum absolute atomic E-state index is 0.0627. The molecule has 0 aliphatic heterocycles. The SMILES string of the molecule is CCCCCCCCOC1CCC(OC(=O)c2ccc(/C=C/C(=O)OCc3ccc(N)cc3N)cc2)CC1. The smallest absolute Gasteiger partial charge is 0.338 e. The molecule has 0 unspecified atom stereocenters. The Kier molecular flexibility index (Phi) is 12.2. The lowest BCUT2D eigenvalue weighted by Crippen LogP contribution is -2.28. The summed E-state index contributed by atoms with van der Waals surface area (Å²) in [5.74, 6) is -0.811. The van der Waals surface area contributed by atoms with Gasteiger partial charge in [0.05, 0.1) is 11.7 Å². The van der Waals surface area contributed by atoms with Gasteiger partial charge in [0.25, 0.3) is 0 Å². The van der Waals surface area contributed by atoms with Crippen molar-refractivity contribution in [3.05, 3.63) is 65.2 Å². The van der Waals surface area contributed by atoms with Crippen molar-refractivity contribution in [1.29, 1.82) is 0 Å². The van der Waals surface area contributed by atoms with Crippen LogP contribution in [-0.4, -0.2) is 30.8 Å². The monoisotopic (exact) mass is 522 g/mol. The van der Waals surface area contributed by atoms with Crippen molar-refractivity contribution >= 4 is 29.4 Å². The molecule has 0 saturated heterocycles. The van der Waals surface area contributed by atoms with Crippen molar-refractivity contribution in [2.24, 2.45) is 0 Å². The van der Waals surface area contributed by atoms with Crippen LogP contribution < -0.4 is 11.5 Å². The number of nitrogen functional groups attached to an aromatic ring is 2. The van der Waals surface area contributed by atoms with Gasteiger partial charge in [0.1, 0.15) is 12.7 Å². The van der Waals surface area contributed by atoms with Crippen LogP contribution in [0.1, 0.15) is 92.6 Å². The summed E-state index contributed by atoms with van der Waals surface area (Å²) in [6.07, 6.45) is 14.3.